The largest absolute Gasteiger partial charge is 0.372 e. The van der Waals surface area contributed by atoms with Gasteiger partial charge >= 0.3 is 0 Å². The smallest absolute Gasteiger partial charge is 0.279 e. The molecular formula is C25H23N3OS. The molecular weight excluding hydrogens is 390 g/mol. The van der Waals surface area contributed by atoms with Crippen LogP contribution in [-0.4, -0.2) is 23.6 Å². The van der Waals surface area contributed by atoms with Crippen LogP contribution in [0.2, 0.25) is 0 Å². The highest BCUT2D eigenvalue weighted by Crippen LogP contribution is 2.27. The minimum atomic E-state index is -0.261. The predicted molar refractivity (Wildman–Crippen MR) is 126 cm³/mol. The molecule has 0 radical (unpaired) electrons. The normalized spacial score (nSPS) is 11.7. The molecule has 1 amide bonds. The Morgan fingerprint density at radius 2 is 1.80 bits per heavy atom. The molecule has 0 saturated carbocycles. The lowest BCUT2D eigenvalue weighted by molar-refractivity contribution is 0.0998. The molecule has 4 rings (SSSR count). The molecule has 4 aromatic rings. The molecule has 5 heteroatoms. The van der Waals surface area contributed by atoms with E-state index < -0.39 is 0 Å². The van der Waals surface area contributed by atoms with Crippen LogP contribution in [0, 0.1) is 12.3 Å². The lowest BCUT2D eigenvalue weighted by Gasteiger charge is -2.20. The Kier molecular flexibility index (Phi) is 5.69. The van der Waals surface area contributed by atoms with Gasteiger partial charge in [-0.2, -0.15) is 4.99 Å². The first-order valence-corrected chi connectivity index (χ1v) is 10.9. The van der Waals surface area contributed by atoms with Gasteiger partial charge < -0.3 is 9.47 Å². The summed E-state index contributed by atoms with van der Waals surface area (Å²) in [6, 6.07) is 20.0. The van der Waals surface area contributed by atoms with Crippen molar-refractivity contribution < 1.29 is 4.79 Å². The summed E-state index contributed by atoms with van der Waals surface area (Å²) in [5.74, 6) is 2.43. The van der Waals surface area contributed by atoms with Crippen LogP contribution >= 0.6 is 11.3 Å². The maximum Gasteiger partial charge on any atom is 0.279 e. The van der Waals surface area contributed by atoms with Crippen LogP contribution < -0.4 is 9.70 Å². The number of nitrogens with zero attached hydrogens (tertiary/aromatic N) is 3. The molecule has 0 spiro atoms. The van der Waals surface area contributed by atoms with Gasteiger partial charge in [-0.1, -0.05) is 47.6 Å². The predicted octanol–water partition coefficient (Wildman–Crippen LogP) is 5.08. The summed E-state index contributed by atoms with van der Waals surface area (Å²) in [7, 11) is 0. The van der Waals surface area contributed by atoms with Crippen LogP contribution in [0.25, 0.3) is 21.0 Å². The molecule has 1 heterocycles. The van der Waals surface area contributed by atoms with Crippen LogP contribution in [-0.2, 0) is 6.54 Å². The van der Waals surface area contributed by atoms with Crippen molar-refractivity contribution >= 4 is 43.9 Å². The summed E-state index contributed by atoms with van der Waals surface area (Å²) in [4.78, 5) is 20.2. The Balaban J connectivity index is 1.80. The van der Waals surface area contributed by atoms with E-state index in [0.29, 0.717) is 16.9 Å². The first-order valence-electron chi connectivity index (χ1n) is 10.0. The quantitative estimate of drug-likeness (QED) is 0.428. The number of amides is 1. The molecule has 0 aliphatic heterocycles. The van der Waals surface area contributed by atoms with E-state index in [-0.39, 0.29) is 5.91 Å². The number of thiazole rings is 1. The molecule has 0 saturated heterocycles. The Morgan fingerprint density at radius 3 is 2.50 bits per heavy atom. The van der Waals surface area contributed by atoms with E-state index in [1.807, 2.05) is 47.0 Å². The average Bonchev–Trinajstić information content (AvgIpc) is 3.13. The summed E-state index contributed by atoms with van der Waals surface area (Å²) < 4.78 is 3.03. The number of anilines is 1. The molecule has 0 N–H and O–H groups in total. The number of benzene rings is 3. The maximum absolute atomic E-state index is 12.9. The molecule has 150 valence electrons. The van der Waals surface area contributed by atoms with Crippen LogP contribution in [0.3, 0.4) is 0 Å². The molecule has 3 aromatic carbocycles. The van der Waals surface area contributed by atoms with E-state index in [9.17, 15) is 4.79 Å². The molecule has 0 aliphatic carbocycles. The molecule has 0 aliphatic rings. The van der Waals surface area contributed by atoms with Crippen LogP contribution in [0.1, 0.15) is 24.2 Å². The van der Waals surface area contributed by atoms with E-state index >= 15 is 0 Å². The lowest BCUT2D eigenvalue weighted by atomic mass is 10.1. The maximum atomic E-state index is 12.9. The van der Waals surface area contributed by atoms with Gasteiger partial charge in [0.25, 0.3) is 5.91 Å². The van der Waals surface area contributed by atoms with Gasteiger partial charge in [0.15, 0.2) is 4.80 Å². The fourth-order valence-electron chi connectivity index (χ4n) is 3.68. The van der Waals surface area contributed by atoms with Crippen molar-refractivity contribution in [3.63, 3.8) is 0 Å². The Morgan fingerprint density at radius 1 is 1.07 bits per heavy atom. The average molecular weight is 414 g/mol. The first kappa shape index (κ1) is 19.9. The molecule has 30 heavy (non-hydrogen) atoms. The van der Waals surface area contributed by atoms with Crippen molar-refractivity contribution in [3.05, 3.63) is 71.0 Å². The van der Waals surface area contributed by atoms with Gasteiger partial charge in [0.2, 0.25) is 0 Å². The monoisotopic (exact) mass is 413 g/mol. The molecule has 0 unspecified atom stereocenters. The number of carbonyl (C=O) groups is 1. The van der Waals surface area contributed by atoms with Crippen molar-refractivity contribution in [3.8, 4) is 12.3 Å². The number of rotatable bonds is 5. The van der Waals surface area contributed by atoms with Gasteiger partial charge in [0.1, 0.15) is 0 Å². The number of carbonyl (C=O) groups excluding carboxylic acids is 1. The lowest BCUT2D eigenvalue weighted by Crippen LogP contribution is -2.21. The van der Waals surface area contributed by atoms with Gasteiger partial charge in [0, 0.05) is 29.7 Å². The van der Waals surface area contributed by atoms with Crippen molar-refractivity contribution in [2.24, 2.45) is 4.99 Å². The molecule has 0 atom stereocenters. The minimum absolute atomic E-state index is 0.261. The number of fused-ring (bicyclic) bond motifs is 3. The zero-order chi connectivity index (χ0) is 21.1. The standard InChI is InChI=1S/C25H23N3OS/c1-4-17-28-22-16-13-18-9-7-8-10-21(18)23(22)30-25(28)26-24(29)19-11-14-20(15-12-19)27(5-2)6-3/h1,7-16H,5-6,17H2,2-3H3. The SMILES string of the molecule is C#CCn1c(=NC(=O)c2ccc(N(CC)CC)cc2)sc2c3ccccc3ccc21. The molecule has 0 bridgehead atoms. The van der Waals surface area contributed by atoms with Crippen LogP contribution in [0.15, 0.2) is 65.7 Å². The minimum Gasteiger partial charge on any atom is -0.372 e. The van der Waals surface area contributed by atoms with E-state index in [1.165, 1.54) is 11.3 Å². The zero-order valence-corrected chi connectivity index (χ0v) is 17.9. The van der Waals surface area contributed by atoms with E-state index in [4.69, 9.17) is 6.42 Å². The van der Waals surface area contributed by atoms with E-state index in [2.05, 4.69) is 47.9 Å². The highest BCUT2D eigenvalue weighted by Gasteiger charge is 2.11. The topological polar surface area (TPSA) is 37.6 Å². The number of hydrogen-bond acceptors (Lipinski definition) is 3. The second-order valence-corrected chi connectivity index (χ2v) is 7.92. The van der Waals surface area contributed by atoms with Crippen molar-refractivity contribution in [1.29, 1.82) is 0 Å². The number of hydrogen-bond donors (Lipinski definition) is 0. The zero-order valence-electron chi connectivity index (χ0n) is 17.1. The fourth-order valence-corrected chi connectivity index (χ4v) is 4.85. The molecule has 0 fully saturated rings. The third kappa shape index (κ3) is 3.62. The third-order valence-corrected chi connectivity index (χ3v) is 6.39. The van der Waals surface area contributed by atoms with Gasteiger partial charge in [0.05, 0.1) is 16.8 Å². The van der Waals surface area contributed by atoms with Gasteiger partial charge in [-0.25, -0.2) is 0 Å². The Hall–Kier alpha value is -3.36. The number of terminal acetylenes is 1. The summed E-state index contributed by atoms with van der Waals surface area (Å²) in [6.45, 7) is 6.46. The van der Waals surface area contributed by atoms with Gasteiger partial charge in [-0.05, 0) is 49.6 Å². The van der Waals surface area contributed by atoms with Crippen LogP contribution in [0.5, 0.6) is 0 Å². The fraction of sp³-hybridized carbons (Fsp3) is 0.200. The molecule has 4 nitrogen and oxygen atoms in total. The second-order valence-electron chi connectivity index (χ2n) is 6.95. The van der Waals surface area contributed by atoms with Crippen molar-refractivity contribution in [1.82, 2.24) is 4.57 Å². The summed E-state index contributed by atoms with van der Waals surface area (Å²) in [5.41, 5.74) is 2.67. The molecule has 1 aromatic heterocycles. The highest BCUT2D eigenvalue weighted by atomic mass is 32.1. The third-order valence-electron chi connectivity index (χ3n) is 5.26. The van der Waals surface area contributed by atoms with Crippen molar-refractivity contribution in [2.45, 2.75) is 20.4 Å². The summed E-state index contributed by atoms with van der Waals surface area (Å²) in [6.07, 6.45) is 5.61. The highest BCUT2D eigenvalue weighted by molar-refractivity contribution is 7.17. The Bertz CT molecular complexity index is 1320. The van der Waals surface area contributed by atoms with Crippen molar-refractivity contribution in [2.75, 3.05) is 18.0 Å². The van der Waals surface area contributed by atoms with E-state index in [0.717, 1.165) is 39.8 Å². The second kappa shape index (κ2) is 8.56. The summed E-state index contributed by atoms with van der Waals surface area (Å²) >= 11 is 1.50. The Labute approximate surface area is 180 Å². The van der Waals surface area contributed by atoms with Gasteiger partial charge in [-0.3, -0.25) is 4.79 Å². The summed E-state index contributed by atoms with van der Waals surface area (Å²) in [5, 5.41) is 2.30. The first-order chi connectivity index (χ1) is 14.7. The number of aromatic nitrogens is 1. The van der Waals surface area contributed by atoms with E-state index in [1.54, 1.807) is 0 Å². The van der Waals surface area contributed by atoms with Gasteiger partial charge in [-0.15, -0.1) is 6.42 Å². The van der Waals surface area contributed by atoms with Crippen LogP contribution in [0.4, 0.5) is 5.69 Å².